The van der Waals surface area contributed by atoms with Gasteiger partial charge in [0.1, 0.15) is 16.3 Å². The van der Waals surface area contributed by atoms with Gasteiger partial charge in [-0.1, -0.05) is 23.7 Å². The second-order valence-corrected chi connectivity index (χ2v) is 11.5. The molecule has 1 aromatic heterocycles. The summed E-state index contributed by atoms with van der Waals surface area (Å²) in [6, 6.07) is 13.3. The molecule has 0 unspecified atom stereocenters. The van der Waals surface area contributed by atoms with E-state index in [1.807, 2.05) is 4.90 Å². The number of halogens is 1. The summed E-state index contributed by atoms with van der Waals surface area (Å²) in [6.07, 6.45) is 0. The van der Waals surface area contributed by atoms with Crippen molar-refractivity contribution in [3.8, 4) is 16.9 Å². The quantitative estimate of drug-likeness (QED) is 0.415. The molecule has 1 aliphatic heterocycles. The van der Waals surface area contributed by atoms with Gasteiger partial charge in [-0.25, -0.2) is 13.2 Å². The molecular formula is C25H26ClN3O6S2. The van der Waals surface area contributed by atoms with E-state index in [2.05, 4.69) is 5.32 Å². The van der Waals surface area contributed by atoms with Crippen LogP contribution in [0.15, 0.2) is 58.8 Å². The molecule has 3 aromatic rings. The van der Waals surface area contributed by atoms with Crippen molar-refractivity contribution < 1.29 is 27.5 Å². The lowest BCUT2D eigenvalue weighted by molar-refractivity contribution is -0.117. The van der Waals surface area contributed by atoms with Gasteiger partial charge >= 0.3 is 5.97 Å². The summed E-state index contributed by atoms with van der Waals surface area (Å²) in [5.74, 6) is -0.281. The van der Waals surface area contributed by atoms with E-state index in [1.54, 1.807) is 41.8 Å². The van der Waals surface area contributed by atoms with E-state index < -0.39 is 16.0 Å². The molecule has 1 fully saturated rings. The van der Waals surface area contributed by atoms with Crippen LogP contribution in [0, 0.1) is 0 Å². The summed E-state index contributed by atoms with van der Waals surface area (Å²) in [7, 11) is -0.831. The largest absolute Gasteiger partial charge is 0.497 e. The number of piperazine rings is 1. The van der Waals surface area contributed by atoms with E-state index in [0.717, 1.165) is 5.56 Å². The van der Waals surface area contributed by atoms with Crippen molar-refractivity contribution in [2.75, 3.05) is 52.3 Å². The molecule has 12 heteroatoms. The molecule has 0 radical (unpaired) electrons. The highest BCUT2D eigenvalue weighted by Crippen LogP contribution is 2.36. The molecule has 0 atom stereocenters. The molecule has 196 valence electrons. The van der Waals surface area contributed by atoms with Crippen LogP contribution in [0.2, 0.25) is 5.02 Å². The number of ether oxygens (including phenoxy) is 2. The Morgan fingerprint density at radius 3 is 2.24 bits per heavy atom. The fourth-order valence-corrected chi connectivity index (χ4v) is 6.51. The van der Waals surface area contributed by atoms with Gasteiger partial charge in [0, 0.05) is 42.1 Å². The van der Waals surface area contributed by atoms with Crippen LogP contribution in [0.3, 0.4) is 0 Å². The number of thiophene rings is 1. The van der Waals surface area contributed by atoms with E-state index in [4.69, 9.17) is 21.1 Å². The Labute approximate surface area is 224 Å². The Bertz CT molecular complexity index is 1370. The molecule has 1 aliphatic rings. The Morgan fingerprint density at radius 1 is 1.00 bits per heavy atom. The lowest BCUT2D eigenvalue weighted by Gasteiger charge is -2.33. The van der Waals surface area contributed by atoms with Crippen molar-refractivity contribution in [2.45, 2.75) is 4.90 Å². The number of methoxy groups -OCH3 is 2. The molecule has 2 aromatic carbocycles. The fraction of sp³-hybridized carbons (Fsp3) is 0.280. The Balaban J connectivity index is 1.39. The summed E-state index contributed by atoms with van der Waals surface area (Å²) in [5, 5.41) is 5.57. The molecule has 1 N–H and O–H groups in total. The molecule has 0 spiro atoms. The van der Waals surface area contributed by atoms with Gasteiger partial charge in [0.05, 0.1) is 25.7 Å². The van der Waals surface area contributed by atoms with Gasteiger partial charge in [0.2, 0.25) is 15.9 Å². The Kier molecular flexibility index (Phi) is 8.50. The molecule has 0 saturated carbocycles. The number of esters is 1. The first kappa shape index (κ1) is 27.1. The number of rotatable bonds is 8. The van der Waals surface area contributed by atoms with Crippen molar-refractivity contribution in [3.05, 3.63) is 64.5 Å². The smallest absolute Gasteiger partial charge is 0.341 e. The van der Waals surface area contributed by atoms with Gasteiger partial charge < -0.3 is 14.8 Å². The molecule has 37 heavy (non-hydrogen) atoms. The number of sulfonamides is 1. The topological polar surface area (TPSA) is 105 Å². The molecular weight excluding hydrogens is 538 g/mol. The second-order valence-electron chi connectivity index (χ2n) is 8.26. The van der Waals surface area contributed by atoms with E-state index in [-0.39, 0.29) is 36.0 Å². The van der Waals surface area contributed by atoms with E-state index in [0.29, 0.717) is 34.4 Å². The first-order valence-electron chi connectivity index (χ1n) is 11.3. The normalized spacial score (nSPS) is 14.8. The minimum absolute atomic E-state index is 0.0607. The Morgan fingerprint density at radius 2 is 1.65 bits per heavy atom. The lowest BCUT2D eigenvalue weighted by Crippen LogP contribution is -2.50. The maximum absolute atomic E-state index is 13.0. The molecule has 1 saturated heterocycles. The predicted octanol–water partition coefficient (Wildman–Crippen LogP) is 3.81. The van der Waals surface area contributed by atoms with Gasteiger partial charge in [0.15, 0.2) is 0 Å². The van der Waals surface area contributed by atoms with Gasteiger partial charge in [-0.15, -0.1) is 11.3 Å². The zero-order valence-corrected chi connectivity index (χ0v) is 22.7. The second kappa shape index (κ2) is 11.6. The van der Waals surface area contributed by atoms with Crippen LogP contribution in [-0.2, 0) is 19.6 Å². The molecule has 0 aliphatic carbocycles. The van der Waals surface area contributed by atoms with Crippen LogP contribution in [0.5, 0.6) is 5.75 Å². The van der Waals surface area contributed by atoms with Crippen LogP contribution < -0.4 is 10.1 Å². The summed E-state index contributed by atoms with van der Waals surface area (Å²) >= 11 is 7.21. The van der Waals surface area contributed by atoms with Crippen LogP contribution in [-0.4, -0.2) is 76.4 Å². The summed E-state index contributed by atoms with van der Waals surface area (Å²) in [5.41, 5.74) is 1.69. The van der Waals surface area contributed by atoms with E-state index >= 15 is 0 Å². The van der Waals surface area contributed by atoms with Gasteiger partial charge in [-0.2, -0.15) is 4.31 Å². The van der Waals surface area contributed by atoms with Gasteiger partial charge in [0.25, 0.3) is 0 Å². The maximum atomic E-state index is 13.0. The van der Waals surface area contributed by atoms with Gasteiger partial charge in [-0.3, -0.25) is 9.69 Å². The summed E-state index contributed by atoms with van der Waals surface area (Å²) < 4.78 is 37.4. The molecule has 1 amide bonds. The third-order valence-electron chi connectivity index (χ3n) is 5.98. The van der Waals surface area contributed by atoms with Crippen LogP contribution in [0.25, 0.3) is 11.1 Å². The molecule has 2 heterocycles. The highest BCUT2D eigenvalue weighted by Gasteiger charge is 2.29. The number of benzene rings is 2. The number of hydrogen-bond donors (Lipinski definition) is 1. The number of anilines is 1. The Hall–Kier alpha value is -2.96. The first-order valence-corrected chi connectivity index (χ1v) is 14.0. The number of nitrogens with zero attached hydrogens (tertiary/aromatic N) is 2. The van der Waals surface area contributed by atoms with Crippen molar-refractivity contribution in [1.29, 1.82) is 0 Å². The number of nitrogens with one attached hydrogen (secondary N) is 1. The SMILES string of the molecule is COC(=O)c1c(-c2ccc(Cl)cc2)csc1NC(=O)CN1CCN(S(=O)(=O)c2ccc(OC)cc2)CC1. The van der Waals surface area contributed by atoms with Gasteiger partial charge in [-0.05, 0) is 42.0 Å². The predicted molar refractivity (Wildman–Crippen MR) is 143 cm³/mol. The van der Waals surface area contributed by atoms with Crippen LogP contribution in [0.1, 0.15) is 10.4 Å². The highest BCUT2D eigenvalue weighted by molar-refractivity contribution is 7.89. The number of amides is 1. The zero-order valence-electron chi connectivity index (χ0n) is 20.3. The average Bonchev–Trinajstić information content (AvgIpc) is 3.32. The van der Waals surface area contributed by atoms with Crippen LogP contribution in [0.4, 0.5) is 5.00 Å². The monoisotopic (exact) mass is 563 g/mol. The minimum atomic E-state index is -3.64. The third-order valence-corrected chi connectivity index (χ3v) is 9.04. The lowest BCUT2D eigenvalue weighted by atomic mass is 10.0. The highest BCUT2D eigenvalue weighted by atomic mass is 35.5. The molecule has 9 nitrogen and oxygen atoms in total. The third kappa shape index (κ3) is 6.13. The minimum Gasteiger partial charge on any atom is -0.497 e. The van der Waals surface area contributed by atoms with Crippen LogP contribution >= 0.6 is 22.9 Å². The van der Waals surface area contributed by atoms with Crippen molar-refractivity contribution in [3.63, 3.8) is 0 Å². The molecule has 0 bridgehead atoms. The standard InChI is InChI=1S/C25H26ClN3O6S2/c1-34-19-7-9-20(10-8-19)37(32,33)29-13-11-28(12-14-29)15-22(30)27-24-23(25(31)35-2)21(16-36-24)17-3-5-18(26)6-4-17/h3-10,16H,11-15H2,1-2H3,(H,27,30). The zero-order chi connectivity index (χ0) is 26.6. The van der Waals surface area contributed by atoms with Crippen molar-refractivity contribution in [1.82, 2.24) is 9.21 Å². The van der Waals surface area contributed by atoms with Crippen molar-refractivity contribution in [2.24, 2.45) is 0 Å². The summed E-state index contributed by atoms with van der Waals surface area (Å²) in [4.78, 5) is 27.4. The number of carbonyl (C=O) groups is 2. The van der Waals surface area contributed by atoms with E-state index in [9.17, 15) is 18.0 Å². The van der Waals surface area contributed by atoms with Crippen molar-refractivity contribution >= 4 is 49.8 Å². The first-order chi connectivity index (χ1) is 17.7. The fourth-order valence-electron chi connectivity index (χ4n) is 3.99. The molecule has 4 rings (SSSR count). The summed E-state index contributed by atoms with van der Waals surface area (Å²) in [6.45, 7) is 1.37. The number of hydrogen-bond acceptors (Lipinski definition) is 8. The average molecular weight is 564 g/mol. The number of carbonyl (C=O) groups excluding carboxylic acids is 2. The van der Waals surface area contributed by atoms with E-state index in [1.165, 1.54) is 42.0 Å². The maximum Gasteiger partial charge on any atom is 0.341 e.